The summed E-state index contributed by atoms with van der Waals surface area (Å²) < 4.78 is 5.44. The summed E-state index contributed by atoms with van der Waals surface area (Å²) in [7, 11) is 0. The SMILES string of the molecule is CC1CN(C(=O)OC(C)(C)C)CCC1C1CNC1. The van der Waals surface area contributed by atoms with Crippen LogP contribution in [0, 0.1) is 17.8 Å². The number of carbonyl (C=O) groups is 1. The molecular formula is C14H26N2O2. The summed E-state index contributed by atoms with van der Waals surface area (Å²) in [6.45, 7) is 12.0. The van der Waals surface area contributed by atoms with Gasteiger partial charge < -0.3 is 15.0 Å². The van der Waals surface area contributed by atoms with Crippen LogP contribution in [0.15, 0.2) is 0 Å². The number of hydrogen-bond donors (Lipinski definition) is 1. The van der Waals surface area contributed by atoms with Crippen molar-refractivity contribution in [2.24, 2.45) is 17.8 Å². The van der Waals surface area contributed by atoms with Crippen LogP contribution in [0.3, 0.4) is 0 Å². The molecule has 0 spiro atoms. The minimum Gasteiger partial charge on any atom is -0.444 e. The molecule has 4 nitrogen and oxygen atoms in total. The highest BCUT2D eigenvalue weighted by Gasteiger charge is 2.37. The summed E-state index contributed by atoms with van der Waals surface area (Å²) in [5, 5.41) is 3.34. The van der Waals surface area contributed by atoms with Crippen molar-refractivity contribution in [3.63, 3.8) is 0 Å². The molecule has 1 amide bonds. The maximum Gasteiger partial charge on any atom is 0.410 e. The van der Waals surface area contributed by atoms with Gasteiger partial charge in [-0.3, -0.25) is 0 Å². The van der Waals surface area contributed by atoms with Crippen LogP contribution in [0.5, 0.6) is 0 Å². The van der Waals surface area contributed by atoms with E-state index in [9.17, 15) is 4.79 Å². The Balaban J connectivity index is 1.85. The maximum atomic E-state index is 12.0. The number of hydrogen-bond acceptors (Lipinski definition) is 3. The van der Waals surface area contributed by atoms with E-state index in [1.807, 2.05) is 25.7 Å². The van der Waals surface area contributed by atoms with Crippen molar-refractivity contribution in [1.82, 2.24) is 10.2 Å². The zero-order chi connectivity index (χ0) is 13.3. The van der Waals surface area contributed by atoms with E-state index in [-0.39, 0.29) is 6.09 Å². The van der Waals surface area contributed by atoms with Gasteiger partial charge in [-0.15, -0.1) is 0 Å². The molecule has 0 bridgehead atoms. The zero-order valence-corrected chi connectivity index (χ0v) is 12.0. The third-order valence-corrected chi connectivity index (χ3v) is 4.04. The zero-order valence-electron chi connectivity index (χ0n) is 12.0. The topological polar surface area (TPSA) is 41.6 Å². The van der Waals surface area contributed by atoms with Crippen LogP contribution in [-0.4, -0.2) is 42.8 Å². The Morgan fingerprint density at radius 1 is 1.33 bits per heavy atom. The average Bonchev–Trinajstić information content (AvgIpc) is 2.15. The lowest BCUT2D eigenvalue weighted by atomic mass is 9.75. The van der Waals surface area contributed by atoms with Crippen molar-refractivity contribution >= 4 is 6.09 Å². The molecular weight excluding hydrogens is 228 g/mol. The van der Waals surface area contributed by atoms with Crippen molar-refractivity contribution in [3.05, 3.63) is 0 Å². The molecule has 4 heteroatoms. The molecule has 2 unspecified atom stereocenters. The standard InChI is InChI=1S/C14H26N2O2/c1-10-9-16(13(17)18-14(2,3)4)6-5-12(10)11-7-15-8-11/h10-12,15H,5-9H2,1-4H3. The first-order chi connectivity index (χ1) is 8.37. The number of nitrogens with one attached hydrogen (secondary N) is 1. The van der Waals surface area contributed by atoms with E-state index in [0.717, 1.165) is 44.4 Å². The van der Waals surface area contributed by atoms with E-state index in [1.54, 1.807) is 0 Å². The molecule has 0 aromatic heterocycles. The molecule has 2 aliphatic heterocycles. The van der Waals surface area contributed by atoms with E-state index in [4.69, 9.17) is 4.74 Å². The Bertz CT molecular complexity index is 307. The van der Waals surface area contributed by atoms with Crippen LogP contribution in [-0.2, 0) is 4.74 Å². The first kappa shape index (κ1) is 13.7. The third-order valence-electron chi connectivity index (χ3n) is 4.04. The summed E-state index contributed by atoms with van der Waals surface area (Å²) in [6, 6.07) is 0. The van der Waals surface area contributed by atoms with Crippen LogP contribution in [0.25, 0.3) is 0 Å². The average molecular weight is 254 g/mol. The molecule has 104 valence electrons. The van der Waals surface area contributed by atoms with Gasteiger partial charge in [-0.2, -0.15) is 0 Å². The smallest absolute Gasteiger partial charge is 0.410 e. The highest BCUT2D eigenvalue weighted by Crippen LogP contribution is 2.32. The number of carbonyl (C=O) groups excluding carboxylic acids is 1. The summed E-state index contributed by atoms with van der Waals surface area (Å²) in [4.78, 5) is 13.9. The first-order valence-electron chi connectivity index (χ1n) is 7.05. The highest BCUT2D eigenvalue weighted by atomic mass is 16.6. The van der Waals surface area contributed by atoms with E-state index in [0.29, 0.717) is 5.92 Å². The Hall–Kier alpha value is -0.770. The molecule has 2 aliphatic rings. The highest BCUT2D eigenvalue weighted by molar-refractivity contribution is 5.68. The molecule has 2 heterocycles. The van der Waals surface area contributed by atoms with Gasteiger partial charge >= 0.3 is 6.09 Å². The minimum atomic E-state index is -0.394. The van der Waals surface area contributed by atoms with Gasteiger partial charge in [0, 0.05) is 13.1 Å². The van der Waals surface area contributed by atoms with Crippen LogP contribution in [0.2, 0.25) is 0 Å². The van der Waals surface area contributed by atoms with Crippen molar-refractivity contribution in [2.75, 3.05) is 26.2 Å². The van der Waals surface area contributed by atoms with Gasteiger partial charge in [-0.05, 0) is 58.0 Å². The number of piperidine rings is 1. The molecule has 0 radical (unpaired) electrons. The summed E-state index contributed by atoms with van der Waals surface area (Å²) in [5.74, 6) is 2.17. The Labute approximate surface area is 110 Å². The van der Waals surface area contributed by atoms with Gasteiger partial charge in [0.1, 0.15) is 5.60 Å². The molecule has 2 saturated heterocycles. The first-order valence-corrected chi connectivity index (χ1v) is 7.05. The predicted octanol–water partition coefficient (Wildman–Crippen LogP) is 2.10. The van der Waals surface area contributed by atoms with Crippen molar-refractivity contribution < 1.29 is 9.53 Å². The number of likely N-dealkylation sites (tertiary alicyclic amines) is 1. The van der Waals surface area contributed by atoms with Gasteiger partial charge in [0.2, 0.25) is 0 Å². The second-order valence-electron chi connectivity index (χ2n) is 6.77. The number of rotatable bonds is 1. The monoisotopic (exact) mass is 254 g/mol. The Kier molecular flexibility index (Phi) is 3.85. The number of amides is 1. The van der Waals surface area contributed by atoms with E-state index in [2.05, 4.69) is 12.2 Å². The van der Waals surface area contributed by atoms with Crippen LogP contribution >= 0.6 is 0 Å². The summed E-state index contributed by atoms with van der Waals surface area (Å²) >= 11 is 0. The normalized spacial score (nSPS) is 29.9. The van der Waals surface area contributed by atoms with Gasteiger partial charge in [0.25, 0.3) is 0 Å². The second-order valence-corrected chi connectivity index (χ2v) is 6.77. The molecule has 0 aromatic carbocycles. The number of ether oxygens (including phenoxy) is 1. The van der Waals surface area contributed by atoms with Crippen LogP contribution in [0.4, 0.5) is 4.79 Å². The van der Waals surface area contributed by atoms with Gasteiger partial charge in [-0.25, -0.2) is 4.79 Å². The molecule has 0 aliphatic carbocycles. The molecule has 2 atom stereocenters. The molecule has 0 aromatic rings. The summed E-state index contributed by atoms with van der Waals surface area (Å²) in [5.41, 5.74) is -0.394. The van der Waals surface area contributed by atoms with E-state index in [1.165, 1.54) is 0 Å². The van der Waals surface area contributed by atoms with Gasteiger partial charge in [0.15, 0.2) is 0 Å². The Morgan fingerprint density at radius 2 is 2.00 bits per heavy atom. The van der Waals surface area contributed by atoms with Gasteiger partial charge in [-0.1, -0.05) is 6.92 Å². The lowest BCUT2D eigenvalue weighted by molar-refractivity contribution is 0.00381. The van der Waals surface area contributed by atoms with E-state index >= 15 is 0 Å². The maximum absolute atomic E-state index is 12.0. The Morgan fingerprint density at radius 3 is 2.44 bits per heavy atom. The van der Waals surface area contributed by atoms with Crippen LogP contribution < -0.4 is 5.32 Å². The quantitative estimate of drug-likeness (QED) is 0.779. The van der Waals surface area contributed by atoms with Crippen molar-refractivity contribution in [1.29, 1.82) is 0 Å². The fourth-order valence-corrected chi connectivity index (χ4v) is 2.97. The van der Waals surface area contributed by atoms with E-state index < -0.39 is 5.60 Å². The van der Waals surface area contributed by atoms with Crippen molar-refractivity contribution in [3.8, 4) is 0 Å². The van der Waals surface area contributed by atoms with Crippen LogP contribution in [0.1, 0.15) is 34.1 Å². The largest absolute Gasteiger partial charge is 0.444 e. The van der Waals surface area contributed by atoms with Crippen molar-refractivity contribution in [2.45, 2.75) is 39.7 Å². The molecule has 0 saturated carbocycles. The molecule has 18 heavy (non-hydrogen) atoms. The molecule has 2 fully saturated rings. The lowest BCUT2D eigenvalue weighted by Gasteiger charge is -2.44. The minimum absolute atomic E-state index is 0.153. The number of nitrogens with zero attached hydrogens (tertiary/aromatic N) is 1. The predicted molar refractivity (Wildman–Crippen MR) is 71.4 cm³/mol. The molecule has 2 rings (SSSR count). The lowest BCUT2D eigenvalue weighted by Crippen LogP contribution is -2.53. The summed E-state index contributed by atoms with van der Waals surface area (Å²) in [6.07, 6.45) is 0.965. The second kappa shape index (κ2) is 5.08. The fourth-order valence-electron chi connectivity index (χ4n) is 2.97. The van der Waals surface area contributed by atoms with Gasteiger partial charge in [0.05, 0.1) is 0 Å². The fraction of sp³-hybridized carbons (Fsp3) is 0.929. The molecule has 1 N–H and O–H groups in total. The third kappa shape index (κ3) is 3.16.